The molecule has 0 aliphatic carbocycles. The normalized spacial score (nSPS) is 15.0. The van der Waals surface area contributed by atoms with Gasteiger partial charge in [-0.2, -0.15) is 0 Å². The van der Waals surface area contributed by atoms with E-state index in [4.69, 9.17) is 11.1 Å². The van der Waals surface area contributed by atoms with E-state index in [-0.39, 0.29) is 11.7 Å². The lowest BCUT2D eigenvalue weighted by Gasteiger charge is -2.28. The summed E-state index contributed by atoms with van der Waals surface area (Å²) in [5, 5.41) is 16.6. The Hall–Kier alpha value is -1.71. The number of hydrogen-bond donors (Lipinski definition) is 3. The average Bonchev–Trinajstić information content (AvgIpc) is 2.16. The van der Waals surface area contributed by atoms with Crippen LogP contribution in [0.15, 0.2) is 18.2 Å². The number of benzene rings is 1. The SMILES string of the molecule is N=C(N)N1CCc2ccc(O)cc2C1. The van der Waals surface area contributed by atoms with Crippen LogP contribution >= 0.6 is 0 Å². The van der Waals surface area contributed by atoms with E-state index in [1.165, 1.54) is 5.56 Å². The van der Waals surface area contributed by atoms with Crippen molar-refractivity contribution in [2.24, 2.45) is 5.73 Å². The fraction of sp³-hybridized carbons (Fsp3) is 0.300. The molecule has 2 rings (SSSR count). The molecule has 0 spiro atoms. The molecule has 1 heterocycles. The van der Waals surface area contributed by atoms with Crippen LogP contribution < -0.4 is 5.73 Å². The Labute approximate surface area is 82.5 Å². The van der Waals surface area contributed by atoms with Crippen LogP contribution in [0, 0.1) is 5.41 Å². The Bertz CT molecular complexity index is 376. The van der Waals surface area contributed by atoms with Gasteiger partial charge in [-0.1, -0.05) is 6.07 Å². The lowest BCUT2D eigenvalue weighted by molar-refractivity contribution is 0.384. The van der Waals surface area contributed by atoms with Gasteiger partial charge in [-0.25, -0.2) is 0 Å². The van der Waals surface area contributed by atoms with Crippen LogP contribution in [0.2, 0.25) is 0 Å². The molecule has 0 amide bonds. The van der Waals surface area contributed by atoms with Crippen LogP contribution in [0.5, 0.6) is 5.75 Å². The number of phenolic OH excluding ortho intramolecular Hbond substituents is 1. The number of fused-ring (bicyclic) bond motifs is 1. The second-order valence-electron chi connectivity index (χ2n) is 3.51. The minimum absolute atomic E-state index is 0.0963. The van der Waals surface area contributed by atoms with Crippen molar-refractivity contribution in [3.63, 3.8) is 0 Å². The summed E-state index contributed by atoms with van der Waals surface area (Å²) in [5.74, 6) is 0.369. The van der Waals surface area contributed by atoms with Crippen molar-refractivity contribution in [2.75, 3.05) is 6.54 Å². The lowest BCUT2D eigenvalue weighted by Crippen LogP contribution is -2.39. The smallest absolute Gasteiger partial charge is 0.188 e. The number of aromatic hydroxyl groups is 1. The molecule has 14 heavy (non-hydrogen) atoms. The van der Waals surface area contributed by atoms with Crippen LogP contribution in [0.3, 0.4) is 0 Å². The van der Waals surface area contributed by atoms with Crippen molar-refractivity contribution >= 4 is 5.96 Å². The van der Waals surface area contributed by atoms with Crippen LogP contribution in [-0.2, 0) is 13.0 Å². The molecule has 0 radical (unpaired) electrons. The van der Waals surface area contributed by atoms with E-state index in [1.54, 1.807) is 17.0 Å². The summed E-state index contributed by atoms with van der Waals surface area (Å²) in [5.41, 5.74) is 7.71. The topological polar surface area (TPSA) is 73.3 Å². The quantitative estimate of drug-likeness (QED) is 0.416. The summed E-state index contributed by atoms with van der Waals surface area (Å²) in [6.45, 7) is 1.41. The van der Waals surface area contributed by atoms with Gasteiger partial charge in [0.1, 0.15) is 5.75 Å². The Morgan fingerprint density at radius 1 is 1.43 bits per heavy atom. The fourth-order valence-electron chi connectivity index (χ4n) is 1.75. The zero-order valence-corrected chi connectivity index (χ0v) is 7.83. The van der Waals surface area contributed by atoms with Crippen LogP contribution in [0.1, 0.15) is 11.1 Å². The molecule has 1 aromatic rings. The Morgan fingerprint density at radius 3 is 2.93 bits per heavy atom. The first kappa shape index (κ1) is 8.87. The van der Waals surface area contributed by atoms with Crippen LogP contribution in [0.25, 0.3) is 0 Å². The van der Waals surface area contributed by atoms with Gasteiger partial charge in [-0.3, -0.25) is 5.41 Å². The van der Waals surface area contributed by atoms with Gasteiger partial charge in [0.2, 0.25) is 0 Å². The highest BCUT2D eigenvalue weighted by atomic mass is 16.3. The van der Waals surface area contributed by atoms with Crippen molar-refractivity contribution < 1.29 is 5.11 Å². The molecular weight excluding hydrogens is 178 g/mol. The first-order valence-electron chi connectivity index (χ1n) is 4.56. The van der Waals surface area contributed by atoms with Crippen molar-refractivity contribution in [1.29, 1.82) is 5.41 Å². The average molecular weight is 191 g/mol. The molecule has 0 fully saturated rings. The third kappa shape index (κ3) is 1.51. The van der Waals surface area contributed by atoms with Gasteiger partial charge in [-0.15, -0.1) is 0 Å². The summed E-state index contributed by atoms with van der Waals surface area (Å²) in [6.07, 6.45) is 0.884. The van der Waals surface area contributed by atoms with Gasteiger partial charge in [0, 0.05) is 13.1 Å². The molecule has 1 aromatic carbocycles. The molecule has 0 bridgehead atoms. The van der Waals surface area contributed by atoms with Crippen molar-refractivity contribution in [3.05, 3.63) is 29.3 Å². The van der Waals surface area contributed by atoms with Crippen molar-refractivity contribution in [1.82, 2.24) is 4.90 Å². The minimum atomic E-state index is 0.0963. The van der Waals surface area contributed by atoms with Crippen LogP contribution in [-0.4, -0.2) is 22.5 Å². The molecule has 0 saturated heterocycles. The Kier molecular flexibility index (Phi) is 2.04. The van der Waals surface area contributed by atoms with E-state index in [0.29, 0.717) is 6.54 Å². The Balaban J connectivity index is 2.29. The minimum Gasteiger partial charge on any atom is -0.508 e. The monoisotopic (exact) mass is 191 g/mol. The fourth-order valence-corrected chi connectivity index (χ4v) is 1.75. The summed E-state index contributed by atoms with van der Waals surface area (Å²) < 4.78 is 0. The number of nitrogens with zero attached hydrogens (tertiary/aromatic N) is 1. The summed E-state index contributed by atoms with van der Waals surface area (Å²) in [7, 11) is 0. The number of nitrogens with one attached hydrogen (secondary N) is 1. The van der Waals surface area contributed by atoms with Gasteiger partial charge in [0.15, 0.2) is 5.96 Å². The summed E-state index contributed by atoms with van der Waals surface area (Å²) in [6, 6.07) is 5.37. The summed E-state index contributed by atoms with van der Waals surface area (Å²) in [4.78, 5) is 1.79. The van der Waals surface area contributed by atoms with E-state index in [0.717, 1.165) is 18.5 Å². The maximum absolute atomic E-state index is 9.31. The van der Waals surface area contributed by atoms with E-state index in [1.807, 2.05) is 6.07 Å². The molecule has 0 atom stereocenters. The van der Waals surface area contributed by atoms with Gasteiger partial charge in [0.05, 0.1) is 0 Å². The molecule has 4 N–H and O–H groups in total. The van der Waals surface area contributed by atoms with E-state index < -0.39 is 0 Å². The molecule has 0 unspecified atom stereocenters. The Morgan fingerprint density at radius 2 is 2.21 bits per heavy atom. The standard InChI is InChI=1S/C10H13N3O/c11-10(12)13-4-3-7-1-2-9(14)5-8(7)6-13/h1-2,5,14H,3-4,6H2,(H3,11,12). The third-order valence-corrected chi connectivity index (χ3v) is 2.54. The zero-order chi connectivity index (χ0) is 10.1. The number of rotatable bonds is 0. The largest absolute Gasteiger partial charge is 0.508 e. The van der Waals surface area contributed by atoms with Gasteiger partial charge >= 0.3 is 0 Å². The highest BCUT2D eigenvalue weighted by Crippen LogP contribution is 2.22. The molecule has 4 nitrogen and oxygen atoms in total. The molecule has 1 aliphatic rings. The van der Waals surface area contributed by atoms with Gasteiger partial charge in [0.25, 0.3) is 0 Å². The highest BCUT2D eigenvalue weighted by molar-refractivity contribution is 5.75. The van der Waals surface area contributed by atoms with Gasteiger partial charge in [-0.05, 0) is 29.7 Å². The van der Waals surface area contributed by atoms with E-state index in [2.05, 4.69) is 0 Å². The number of hydrogen-bond acceptors (Lipinski definition) is 2. The molecule has 1 aliphatic heterocycles. The van der Waals surface area contributed by atoms with Crippen LogP contribution in [0.4, 0.5) is 0 Å². The molecule has 4 heteroatoms. The van der Waals surface area contributed by atoms with Gasteiger partial charge < -0.3 is 15.7 Å². The van der Waals surface area contributed by atoms with E-state index in [9.17, 15) is 5.11 Å². The maximum Gasteiger partial charge on any atom is 0.188 e. The first-order chi connectivity index (χ1) is 6.66. The molecule has 0 saturated carbocycles. The molecule has 74 valence electrons. The second-order valence-corrected chi connectivity index (χ2v) is 3.51. The maximum atomic E-state index is 9.31. The first-order valence-corrected chi connectivity index (χ1v) is 4.56. The number of guanidine groups is 1. The predicted molar refractivity (Wildman–Crippen MR) is 54.1 cm³/mol. The highest BCUT2D eigenvalue weighted by Gasteiger charge is 2.16. The molecular formula is C10H13N3O. The predicted octanol–water partition coefficient (Wildman–Crippen LogP) is 0.644. The zero-order valence-electron chi connectivity index (χ0n) is 7.83. The number of nitrogens with two attached hydrogens (primary N) is 1. The molecule has 0 aromatic heterocycles. The number of phenols is 1. The van der Waals surface area contributed by atoms with Crippen molar-refractivity contribution in [2.45, 2.75) is 13.0 Å². The summed E-state index contributed by atoms with van der Waals surface area (Å²) >= 11 is 0. The lowest BCUT2D eigenvalue weighted by atomic mass is 10.00. The van der Waals surface area contributed by atoms with E-state index >= 15 is 0 Å². The van der Waals surface area contributed by atoms with Crippen molar-refractivity contribution in [3.8, 4) is 5.75 Å². The third-order valence-electron chi connectivity index (χ3n) is 2.54. The second kappa shape index (κ2) is 3.21.